The molecule has 0 saturated carbocycles. The van der Waals surface area contributed by atoms with Gasteiger partial charge in [0.1, 0.15) is 0 Å². The normalized spacial score (nSPS) is 10.4. The molecule has 29 heavy (non-hydrogen) atoms. The molecule has 7 heteroatoms. The van der Waals surface area contributed by atoms with Gasteiger partial charge in [0.05, 0.1) is 16.3 Å². The van der Waals surface area contributed by atoms with Crippen LogP contribution in [-0.2, 0) is 4.79 Å². The van der Waals surface area contributed by atoms with Crippen molar-refractivity contribution >= 4 is 58.2 Å². The highest BCUT2D eigenvalue weighted by Gasteiger charge is 2.11. The van der Waals surface area contributed by atoms with Crippen molar-refractivity contribution < 1.29 is 9.59 Å². The van der Waals surface area contributed by atoms with Gasteiger partial charge in [0.2, 0.25) is 5.91 Å². The van der Waals surface area contributed by atoms with E-state index in [1.54, 1.807) is 18.2 Å². The van der Waals surface area contributed by atoms with Crippen molar-refractivity contribution in [3.05, 3.63) is 87.9 Å². The predicted octanol–water partition coefficient (Wildman–Crippen LogP) is 6.28. The lowest BCUT2D eigenvalue weighted by Crippen LogP contribution is -2.14. The van der Waals surface area contributed by atoms with Crippen LogP contribution in [0.25, 0.3) is 0 Å². The molecule has 0 aliphatic heterocycles. The van der Waals surface area contributed by atoms with Gasteiger partial charge in [0.15, 0.2) is 0 Å². The molecule has 0 unspecified atom stereocenters. The molecular weight excluding hydrogens is 427 g/mol. The van der Waals surface area contributed by atoms with Crippen molar-refractivity contribution in [2.75, 3.05) is 16.4 Å². The molecule has 0 radical (unpaired) electrons. The number of hydrogen-bond acceptors (Lipinski definition) is 3. The topological polar surface area (TPSA) is 58.2 Å². The number of carbonyl (C=O) groups is 2. The SMILES string of the molecule is Cc1cccc(NC(=O)CSc2cccc(NC(=O)c3ccc(Cl)cc3Cl)c2)c1. The zero-order chi connectivity index (χ0) is 20.8. The van der Waals surface area contributed by atoms with E-state index in [0.29, 0.717) is 16.3 Å². The van der Waals surface area contributed by atoms with E-state index in [2.05, 4.69) is 10.6 Å². The second-order valence-corrected chi connectivity index (χ2v) is 8.20. The minimum absolute atomic E-state index is 0.0945. The van der Waals surface area contributed by atoms with Crippen molar-refractivity contribution in [2.24, 2.45) is 0 Å². The van der Waals surface area contributed by atoms with Gasteiger partial charge in [-0.25, -0.2) is 0 Å². The number of carbonyl (C=O) groups excluding carboxylic acids is 2. The predicted molar refractivity (Wildman–Crippen MR) is 121 cm³/mol. The quantitative estimate of drug-likeness (QED) is 0.439. The lowest BCUT2D eigenvalue weighted by molar-refractivity contribution is -0.113. The minimum Gasteiger partial charge on any atom is -0.325 e. The summed E-state index contributed by atoms with van der Waals surface area (Å²) in [5, 5.41) is 6.44. The zero-order valence-electron chi connectivity index (χ0n) is 15.5. The van der Waals surface area contributed by atoms with E-state index in [1.807, 2.05) is 49.4 Å². The van der Waals surface area contributed by atoms with Gasteiger partial charge in [-0.2, -0.15) is 0 Å². The van der Waals surface area contributed by atoms with E-state index in [4.69, 9.17) is 23.2 Å². The number of thioether (sulfide) groups is 1. The number of anilines is 2. The molecular formula is C22H18Cl2N2O2S. The average Bonchev–Trinajstić information content (AvgIpc) is 2.66. The third kappa shape index (κ3) is 6.26. The van der Waals surface area contributed by atoms with Crippen LogP contribution in [0.1, 0.15) is 15.9 Å². The lowest BCUT2D eigenvalue weighted by Gasteiger charge is -2.09. The number of aryl methyl sites for hydroxylation is 1. The first-order chi connectivity index (χ1) is 13.9. The number of nitrogens with one attached hydrogen (secondary N) is 2. The largest absolute Gasteiger partial charge is 0.325 e. The minimum atomic E-state index is -0.328. The number of hydrogen-bond donors (Lipinski definition) is 2. The number of halogens is 2. The maximum atomic E-state index is 12.4. The number of amides is 2. The fourth-order valence-electron chi connectivity index (χ4n) is 2.60. The molecule has 0 spiro atoms. The second kappa shape index (κ2) is 9.83. The van der Waals surface area contributed by atoms with Crippen LogP contribution in [-0.4, -0.2) is 17.6 Å². The van der Waals surface area contributed by atoms with Gasteiger partial charge in [-0.1, -0.05) is 41.4 Å². The molecule has 0 atom stereocenters. The summed E-state index contributed by atoms with van der Waals surface area (Å²) in [5.74, 6) is -0.164. The third-order valence-electron chi connectivity index (χ3n) is 3.94. The molecule has 0 heterocycles. The Kier molecular flexibility index (Phi) is 7.20. The summed E-state index contributed by atoms with van der Waals surface area (Å²) in [4.78, 5) is 25.5. The maximum Gasteiger partial charge on any atom is 0.257 e. The molecule has 0 aliphatic rings. The Morgan fingerprint density at radius 3 is 2.34 bits per heavy atom. The van der Waals surface area contributed by atoms with Crippen molar-refractivity contribution in [2.45, 2.75) is 11.8 Å². The van der Waals surface area contributed by atoms with Gasteiger partial charge in [-0.15, -0.1) is 11.8 Å². The molecule has 2 amide bonds. The molecule has 3 aromatic carbocycles. The first kappa shape index (κ1) is 21.2. The van der Waals surface area contributed by atoms with Crippen LogP contribution < -0.4 is 10.6 Å². The second-order valence-electron chi connectivity index (χ2n) is 6.31. The van der Waals surface area contributed by atoms with Crippen LogP contribution >= 0.6 is 35.0 Å². The van der Waals surface area contributed by atoms with Crippen molar-refractivity contribution in [3.8, 4) is 0 Å². The Morgan fingerprint density at radius 2 is 1.62 bits per heavy atom. The van der Waals surface area contributed by atoms with E-state index in [0.717, 1.165) is 16.1 Å². The van der Waals surface area contributed by atoms with Crippen LogP contribution in [0.2, 0.25) is 10.0 Å². The number of benzene rings is 3. The third-order valence-corrected chi connectivity index (χ3v) is 5.48. The first-order valence-corrected chi connectivity index (χ1v) is 10.5. The summed E-state index contributed by atoms with van der Waals surface area (Å²) in [6, 6.07) is 19.7. The molecule has 3 aromatic rings. The Morgan fingerprint density at radius 1 is 0.897 bits per heavy atom. The summed E-state index contributed by atoms with van der Waals surface area (Å²) >= 11 is 13.3. The molecule has 4 nitrogen and oxygen atoms in total. The summed E-state index contributed by atoms with van der Waals surface area (Å²) in [6.45, 7) is 1.97. The van der Waals surface area contributed by atoms with Crippen molar-refractivity contribution in [1.29, 1.82) is 0 Å². The van der Waals surface area contributed by atoms with Crippen LogP contribution in [0.15, 0.2) is 71.6 Å². The molecule has 3 rings (SSSR count). The molecule has 0 aliphatic carbocycles. The van der Waals surface area contributed by atoms with Gasteiger partial charge < -0.3 is 10.6 Å². The number of rotatable bonds is 6. The standard InChI is InChI=1S/C22H18Cl2N2O2S/c1-14-4-2-5-16(10-14)25-21(27)13-29-18-7-3-6-17(12-18)26-22(28)19-9-8-15(23)11-20(19)24/h2-12H,13H2,1H3,(H,25,27)(H,26,28). The average molecular weight is 445 g/mol. The van der Waals surface area contributed by atoms with Gasteiger partial charge in [0, 0.05) is 21.3 Å². The summed E-state index contributed by atoms with van der Waals surface area (Å²) in [6.07, 6.45) is 0. The van der Waals surface area contributed by atoms with Gasteiger partial charge in [-0.05, 0) is 61.0 Å². The highest BCUT2D eigenvalue weighted by atomic mass is 35.5. The van der Waals surface area contributed by atoms with Crippen LogP contribution in [0.4, 0.5) is 11.4 Å². The molecule has 0 fully saturated rings. The van der Waals surface area contributed by atoms with E-state index in [1.165, 1.54) is 17.8 Å². The molecule has 0 bridgehead atoms. The van der Waals surface area contributed by atoms with Crippen LogP contribution in [0.3, 0.4) is 0 Å². The van der Waals surface area contributed by atoms with Gasteiger partial charge in [-0.3, -0.25) is 9.59 Å². The lowest BCUT2D eigenvalue weighted by atomic mass is 10.2. The fourth-order valence-corrected chi connectivity index (χ4v) is 3.85. The molecule has 148 valence electrons. The fraction of sp³-hybridized carbons (Fsp3) is 0.0909. The summed E-state index contributed by atoms with van der Waals surface area (Å²) in [7, 11) is 0. The summed E-state index contributed by atoms with van der Waals surface area (Å²) in [5.41, 5.74) is 2.81. The molecule has 2 N–H and O–H groups in total. The molecule has 0 aromatic heterocycles. The van der Waals surface area contributed by atoms with Crippen LogP contribution in [0.5, 0.6) is 0 Å². The Bertz CT molecular complexity index is 1060. The van der Waals surface area contributed by atoms with Gasteiger partial charge >= 0.3 is 0 Å². The maximum absolute atomic E-state index is 12.4. The Labute approximate surface area is 183 Å². The van der Waals surface area contributed by atoms with Crippen molar-refractivity contribution in [1.82, 2.24) is 0 Å². The van der Waals surface area contributed by atoms with Crippen LogP contribution in [0, 0.1) is 6.92 Å². The van der Waals surface area contributed by atoms with E-state index < -0.39 is 0 Å². The van der Waals surface area contributed by atoms with E-state index in [-0.39, 0.29) is 22.6 Å². The highest BCUT2D eigenvalue weighted by Crippen LogP contribution is 2.25. The van der Waals surface area contributed by atoms with E-state index >= 15 is 0 Å². The zero-order valence-corrected chi connectivity index (χ0v) is 17.9. The van der Waals surface area contributed by atoms with Gasteiger partial charge in [0.25, 0.3) is 5.91 Å². The smallest absolute Gasteiger partial charge is 0.257 e. The van der Waals surface area contributed by atoms with E-state index in [9.17, 15) is 9.59 Å². The first-order valence-electron chi connectivity index (χ1n) is 8.76. The van der Waals surface area contributed by atoms with Crippen molar-refractivity contribution in [3.63, 3.8) is 0 Å². The molecule has 0 saturated heterocycles. The Hall–Kier alpha value is -2.47. The Balaban J connectivity index is 1.59. The highest BCUT2D eigenvalue weighted by molar-refractivity contribution is 8.00. The monoisotopic (exact) mass is 444 g/mol. The summed E-state index contributed by atoms with van der Waals surface area (Å²) < 4.78 is 0.